The van der Waals surface area contributed by atoms with Gasteiger partial charge in [0.05, 0.1) is 19.6 Å². The fourth-order valence-corrected chi connectivity index (χ4v) is 4.46. The summed E-state index contributed by atoms with van der Waals surface area (Å²) in [7, 11) is 3.11. The summed E-state index contributed by atoms with van der Waals surface area (Å²) in [6.07, 6.45) is 3.76. The van der Waals surface area contributed by atoms with E-state index in [9.17, 15) is 9.59 Å². The monoisotopic (exact) mass is 444 g/mol. The van der Waals surface area contributed by atoms with Crippen molar-refractivity contribution < 1.29 is 19.1 Å². The first-order valence-corrected chi connectivity index (χ1v) is 11.1. The molecule has 0 spiro atoms. The van der Waals surface area contributed by atoms with E-state index in [2.05, 4.69) is 10.6 Å². The maximum atomic E-state index is 13.3. The van der Waals surface area contributed by atoms with Crippen LogP contribution in [0.15, 0.2) is 72.8 Å². The maximum absolute atomic E-state index is 13.3. The van der Waals surface area contributed by atoms with Crippen LogP contribution in [0.4, 0.5) is 11.4 Å². The van der Waals surface area contributed by atoms with E-state index in [-0.39, 0.29) is 11.8 Å². The summed E-state index contributed by atoms with van der Waals surface area (Å²) in [5, 5.41) is 5.92. The molecule has 0 radical (unpaired) electrons. The van der Waals surface area contributed by atoms with Gasteiger partial charge in [0.2, 0.25) is 5.91 Å². The Morgan fingerprint density at radius 1 is 0.758 bits per heavy atom. The van der Waals surface area contributed by atoms with Crippen molar-refractivity contribution in [3.8, 4) is 11.5 Å². The van der Waals surface area contributed by atoms with Crippen LogP contribution in [0.1, 0.15) is 41.6 Å². The number of amides is 2. The second kappa shape index (κ2) is 9.77. The number of rotatable bonds is 7. The van der Waals surface area contributed by atoms with Crippen molar-refractivity contribution in [2.45, 2.75) is 31.1 Å². The molecular weight excluding hydrogens is 416 g/mol. The van der Waals surface area contributed by atoms with E-state index in [0.717, 1.165) is 31.2 Å². The highest BCUT2D eigenvalue weighted by atomic mass is 16.5. The lowest BCUT2D eigenvalue weighted by Crippen LogP contribution is -2.37. The lowest BCUT2D eigenvalue weighted by atomic mass is 9.78. The van der Waals surface area contributed by atoms with Gasteiger partial charge in [-0.3, -0.25) is 9.59 Å². The number of hydrogen-bond donors (Lipinski definition) is 2. The van der Waals surface area contributed by atoms with Crippen molar-refractivity contribution in [3.63, 3.8) is 0 Å². The molecule has 0 aromatic heterocycles. The number of hydrogen-bond acceptors (Lipinski definition) is 4. The van der Waals surface area contributed by atoms with Crippen molar-refractivity contribution in [2.24, 2.45) is 0 Å². The molecule has 3 aromatic carbocycles. The fraction of sp³-hybridized carbons (Fsp3) is 0.259. The molecule has 6 heteroatoms. The van der Waals surface area contributed by atoms with Crippen LogP contribution in [0.5, 0.6) is 11.5 Å². The van der Waals surface area contributed by atoms with E-state index in [1.807, 2.05) is 30.3 Å². The summed E-state index contributed by atoms with van der Waals surface area (Å²) in [5.41, 5.74) is 2.32. The summed E-state index contributed by atoms with van der Waals surface area (Å²) in [6, 6.07) is 22.1. The first-order chi connectivity index (χ1) is 16.1. The first-order valence-electron chi connectivity index (χ1n) is 11.1. The first kappa shape index (κ1) is 22.4. The Kier molecular flexibility index (Phi) is 6.63. The predicted molar refractivity (Wildman–Crippen MR) is 129 cm³/mol. The zero-order valence-electron chi connectivity index (χ0n) is 18.9. The van der Waals surface area contributed by atoms with Gasteiger partial charge in [0.25, 0.3) is 5.91 Å². The minimum absolute atomic E-state index is 0.00808. The largest absolute Gasteiger partial charge is 0.493 e. The lowest BCUT2D eigenvalue weighted by Gasteiger charge is -2.28. The van der Waals surface area contributed by atoms with Gasteiger partial charge < -0.3 is 20.1 Å². The molecule has 4 rings (SSSR count). The molecule has 0 atom stereocenters. The number of carbonyl (C=O) groups excluding carboxylic acids is 2. The molecule has 170 valence electrons. The van der Waals surface area contributed by atoms with Gasteiger partial charge >= 0.3 is 0 Å². The SMILES string of the molecule is COc1ccc(NC(=O)c2ccc(NC(=O)C3(c4ccccc4)CCCC3)cc2)cc1OC. The summed E-state index contributed by atoms with van der Waals surface area (Å²) >= 11 is 0. The van der Waals surface area contributed by atoms with Gasteiger partial charge in [-0.2, -0.15) is 0 Å². The number of ether oxygens (including phenoxy) is 2. The van der Waals surface area contributed by atoms with Crippen LogP contribution < -0.4 is 20.1 Å². The molecule has 33 heavy (non-hydrogen) atoms. The second-order valence-electron chi connectivity index (χ2n) is 8.21. The van der Waals surface area contributed by atoms with Gasteiger partial charge in [0, 0.05) is 23.0 Å². The van der Waals surface area contributed by atoms with Crippen molar-refractivity contribution in [3.05, 3.63) is 83.9 Å². The average molecular weight is 445 g/mol. The minimum atomic E-state index is -0.495. The van der Waals surface area contributed by atoms with E-state index in [0.29, 0.717) is 28.4 Å². The lowest BCUT2D eigenvalue weighted by molar-refractivity contribution is -0.121. The number of benzene rings is 3. The van der Waals surface area contributed by atoms with Crippen LogP contribution >= 0.6 is 0 Å². The van der Waals surface area contributed by atoms with Crippen LogP contribution in [-0.4, -0.2) is 26.0 Å². The van der Waals surface area contributed by atoms with Gasteiger partial charge in [-0.1, -0.05) is 43.2 Å². The van der Waals surface area contributed by atoms with E-state index in [1.165, 1.54) is 0 Å². The van der Waals surface area contributed by atoms with Gasteiger partial charge in [0.15, 0.2) is 11.5 Å². The Morgan fingerprint density at radius 3 is 2.03 bits per heavy atom. The summed E-state index contributed by atoms with van der Waals surface area (Å²) < 4.78 is 10.5. The molecule has 0 saturated heterocycles. The highest BCUT2D eigenvalue weighted by Gasteiger charge is 2.42. The van der Waals surface area contributed by atoms with E-state index in [4.69, 9.17) is 9.47 Å². The predicted octanol–water partition coefficient (Wildman–Crippen LogP) is 5.41. The molecular formula is C27H28N2O4. The molecule has 6 nitrogen and oxygen atoms in total. The van der Waals surface area contributed by atoms with Crippen molar-refractivity contribution in [2.75, 3.05) is 24.9 Å². The van der Waals surface area contributed by atoms with Gasteiger partial charge in [-0.15, -0.1) is 0 Å². The Labute approximate surface area is 193 Å². The van der Waals surface area contributed by atoms with Crippen LogP contribution in [0.3, 0.4) is 0 Å². The zero-order valence-corrected chi connectivity index (χ0v) is 18.9. The molecule has 2 amide bonds. The molecule has 0 unspecified atom stereocenters. The molecule has 3 aromatic rings. The standard InChI is InChI=1S/C27H28N2O4/c1-32-23-15-14-22(18-24(23)33-2)28-25(30)19-10-12-21(13-11-19)29-26(31)27(16-6-7-17-27)20-8-4-3-5-9-20/h3-5,8-15,18H,6-7,16-17H2,1-2H3,(H,28,30)(H,29,31). The minimum Gasteiger partial charge on any atom is -0.493 e. The third-order valence-corrected chi connectivity index (χ3v) is 6.26. The summed E-state index contributed by atoms with van der Waals surface area (Å²) in [5.74, 6) is 0.879. The second-order valence-corrected chi connectivity index (χ2v) is 8.21. The summed E-state index contributed by atoms with van der Waals surface area (Å²) in [6.45, 7) is 0. The fourth-order valence-electron chi connectivity index (χ4n) is 4.46. The smallest absolute Gasteiger partial charge is 0.255 e. The third-order valence-electron chi connectivity index (χ3n) is 6.26. The number of carbonyl (C=O) groups is 2. The average Bonchev–Trinajstić information content (AvgIpc) is 3.36. The zero-order chi connectivity index (χ0) is 23.3. The summed E-state index contributed by atoms with van der Waals surface area (Å²) in [4.78, 5) is 26.0. The van der Waals surface area contributed by atoms with Crippen molar-refractivity contribution in [1.82, 2.24) is 0 Å². The van der Waals surface area contributed by atoms with Crippen LogP contribution in [-0.2, 0) is 10.2 Å². The van der Waals surface area contributed by atoms with E-state index >= 15 is 0 Å². The normalized spacial score (nSPS) is 14.4. The van der Waals surface area contributed by atoms with Gasteiger partial charge in [0.1, 0.15) is 0 Å². The molecule has 1 aliphatic rings. The number of nitrogens with one attached hydrogen (secondary N) is 2. The van der Waals surface area contributed by atoms with Crippen LogP contribution in [0.25, 0.3) is 0 Å². The molecule has 2 N–H and O–H groups in total. The van der Waals surface area contributed by atoms with Crippen LogP contribution in [0, 0.1) is 0 Å². The molecule has 0 bridgehead atoms. The molecule has 1 saturated carbocycles. The maximum Gasteiger partial charge on any atom is 0.255 e. The Bertz CT molecular complexity index is 1120. The highest BCUT2D eigenvalue weighted by Crippen LogP contribution is 2.42. The third kappa shape index (κ3) is 4.70. The Morgan fingerprint density at radius 2 is 1.39 bits per heavy atom. The van der Waals surface area contributed by atoms with E-state index < -0.39 is 5.41 Å². The van der Waals surface area contributed by atoms with Gasteiger partial charge in [-0.05, 0) is 54.8 Å². The Balaban J connectivity index is 1.45. The number of methoxy groups -OCH3 is 2. The Hall–Kier alpha value is -3.80. The number of anilines is 2. The quantitative estimate of drug-likeness (QED) is 0.511. The molecule has 1 fully saturated rings. The molecule has 0 aliphatic heterocycles. The van der Waals surface area contributed by atoms with E-state index in [1.54, 1.807) is 56.7 Å². The van der Waals surface area contributed by atoms with Crippen LogP contribution in [0.2, 0.25) is 0 Å². The van der Waals surface area contributed by atoms with Crippen molar-refractivity contribution in [1.29, 1.82) is 0 Å². The van der Waals surface area contributed by atoms with Crippen molar-refractivity contribution >= 4 is 23.2 Å². The molecule has 0 heterocycles. The topological polar surface area (TPSA) is 76.7 Å². The highest BCUT2D eigenvalue weighted by molar-refractivity contribution is 6.05. The molecule has 1 aliphatic carbocycles. The van der Waals surface area contributed by atoms with Gasteiger partial charge in [-0.25, -0.2) is 0 Å².